The lowest BCUT2D eigenvalue weighted by Crippen LogP contribution is -2.48. The van der Waals surface area contributed by atoms with Gasteiger partial charge in [-0.2, -0.15) is 13.2 Å². The number of rotatable bonds is 5. The molecule has 2 atom stereocenters. The highest BCUT2D eigenvalue weighted by atomic mass is 19.4. The van der Waals surface area contributed by atoms with Crippen LogP contribution in [-0.4, -0.2) is 17.5 Å². The van der Waals surface area contributed by atoms with Crippen LogP contribution < -0.4 is 0 Å². The molecule has 1 saturated heterocycles. The van der Waals surface area contributed by atoms with Gasteiger partial charge >= 0.3 is 12.3 Å². The number of hydrogen-bond donors (Lipinski definition) is 0. The van der Waals surface area contributed by atoms with E-state index in [1.54, 1.807) is 17.9 Å². The fourth-order valence-corrected chi connectivity index (χ4v) is 3.59. The summed E-state index contributed by atoms with van der Waals surface area (Å²) in [5.74, 6) is 0. The second-order valence-corrected chi connectivity index (χ2v) is 6.96. The highest BCUT2D eigenvalue weighted by Crippen LogP contribution is 2.40. The van der Waals surface area contributed by atoms with Crippen LogP contribution in [0.3, 0.4) is 0 Å². The molecular weight excluding hydrogens is 367 g/mol. The monoisotopic (exact) mass is 389 g/mol. The van der Waals surface area contributed by atoms with Gasteiger partial charge in [0.2, 0.25) is 0 Å². The average Bonchev–Trinajstić information content (AvgIpc) is 2.68. The van der Waals surface area contributed by atoms with Crippen molar-refractivity contribution in [2.45, 2.75) is 37.6 Å². The van der Waals surface area contributed by atoms with Crippen molar-refractivity contribution in [3.8, 4) is 0 Å². The Labute approximate surface area is 162 Å². The van der Waals surface area contributed by atoms with Crippen LogP contribution in [-0.2, 0) is 16.5 Å². The Kier molecular flexibility index (Phi) is 5.49. The fraction of sp³-hybridized carbons (Fsp3) is 0.318. The van der Waals surface area contributed by atoms with Crippen molar-refractivity contribution in [3.63, 3.8) is 0 Å². The smallest absolute Gasteiger partial charge is 0.416 e. The maximum atomic E-state index is 12.8. The van der Waals surface area contributed by atoms with Gasteiger partial charge in [0.05, 0.1) is 11.6 Å². The number of cyclic esters (lactones) is 1. The summed E-state index contributed by atoms with van der Waals surface area (Å²) in [5.41, 5.74) is 0.0564. The summed E-state index contributed by atoms with van der Waals surface area (Å²) in [5, 5.41) is 0. The minimum Gasteiger partial charge on any atom is -0.437 e. The van der Waals surface area contributed by atoms with Gasteiger partial charge in [-0.1, -0.05) is 48.5 Å². The molecule has 148 valence electrons. The van der Waals surface area contributed by atoms with Gasteiger partial charge < -0.3 is 9.64 Å². The molecule has 1 amide bonds. The molecule has 0 N–H and O–H groups in total. The highest BCUT2D eigenvalue weighted by Gasteiger charge is 2.42. The summed E-state index contributed by atoms with van der Waals surface area (Å²) in [4.78, 5) is 14.3. The standard InChI is InChI=1S/C22H22F3NO2/c1-3-13-21(18-7-5-4-6-8-18)14-15-26(20(27)28-21)16(2)17-9-11-19(12-10-17)22(23,24)25/h3-12,16H,1,13-15H2,2H3/t16-,21+/m0/s1. The van der Waals surface area contributed by atoms with E-state index in [4.69, 9.17) is 4.74 Å². The van der Waals surface area contributed by atoms with Crippen molar-refractivity contribution in [3.05, 3.63) is 83.9 Å². The summed E-state index contributed by atoms with van der Waals surface area (Å²) in [6.45, 7) is 6.00. The Balaban J connectivity index is 1.79. The van der Waals surface area contributed by atoms with E-state index in [2.05, 4.69) is 6.58 Å². The van der Waals surface area contributed by atoms with Gasteiger partial charge in [-0.15, -0.1) is 6.58 Å². The molecule has 0 spiro atoms. The van der Waals surface area contributed by atoms with Gasteiger partial charge in [-0.25, -0.2) is 4.79 Å². The van der Waals surface area contributed by atoms with E-state index in [0.29, 0.717) is 24.9 Å². The molecule has 0 radical (unpaired) electrons. The van der Waals surface area contributed by atoms with E-state index in [0.717, 1.165) is 17.7 Å². The zero-order valence-electron chi connectivity index (χ0n) is 15.6. The summed E-state index contributed by atoms with van der Waals surface area (Å²) >= 11 is 0. The van der Waals surface area contributed by atoms with E-state index in [1.165, 1.54) is 12.1 Å². The van der Waals surface area contributed by atoms with Crippen molar-refractivity contribution in [2.75, 3.05) is 6.54 Å². The number of nitrogens with zero attached hydrogens (tertiary/aromatic N) is 1. The van der Waals surface area contributed by atoms with Crippen LogP contribution in [0.1, 0.15) is 42.5 Å². The first-order chi connectivity index (χ1) is 13.3. The first-order valence-electron chi connectivity index (χ1n) is 9.10. The molecule has 2 aromatic rings. The molecule has 1 fully saturated rings. The van der Waals surface area contributed by atoms with Crippen molar-refractivity contribution < 1.29 is 22.7 Å². The highest BCUT2D eigenvalue weighted by molar-refractivity contribution is 5.70. The first kappa shape index (κ1) is 20.0. The first-order valence-corrected chi connectivity index (χ1v) is 9.10. The lowest BCUT2D eigenvalue weighted by atomic mass is 9.85. The summed E-state index contributed by atoms with van der Waals surface area (Å²) in [7, 11) is 0. The second-order valence-electron chi connectivity index (χ2n) is 6.96. The Hall–Kier alpha value is -2.76. The third-order valence-corrected chi connectivity index (χ3v) is 5.24. The van der Waals surface area contributed by atoms with Gasteiger partial charge in [0, 0.05) is 19.4 Å². The third-order valence-electron chi connectivity index (χ3n) is 5.24. The normalized spacial score (nSPS) is 21.1. The number of benzene rings is 2. The third kappa shape index (κ3) is 3.91. The SMILES string of the molecule is C=CC[C@]1(c2ccccc2)CCN([C@@H](C)c2ccc(C(F)(F)F)cc2)C(=O)O1. The molecule has 0 aliphatic carbocycles. The van der Waals surface area contributed by atoms with Gasteiger partial charge in [0.15, 0.2) is 0 Å². The molecule has 0 saturated carbocycles. The number of hydrogen-bond acceptors (Lipinski definition) is 2. The van der Waals surface area contributed by atoms with Crippen LogP contribution in [0.25, 0.3) is 0 Å². The van der Waals surface area contributed by atoms with Gasteiger partial charge in [-0.05, 0) is 30.2 Å². The quantitative estimate of drug-likeness (QED) is 0.580. The van der Waals surface area contributed by atoms with Crippen molar-refractivity contribution in [2.24, 2.45) is 0 Å². The Morgan fingerprint density at radius 1 is 1.18 bits per heavy atom. The van der Waals surface area contributed by atoms with Crippen LogP contribution in [0.4, 0.5) is 18.0 Å². The maximum Gasteiger partial charge on any atom is 0.416 e. The summed E-state index contributed by atoms with van der Waals surface area (Å²) < 4.78 is 44.2. The van der Waals surface area contributed by atoms with Crippen molar-refractivity contribution >= 4 is 6.09 Å². The molecule has 6 heteroatoms. The Bertz CT molecular complexity index is 833. The van der Waals surface area contributed by atoms with Crippen LogP contribution in [0, 0.1) is 0 Å². The minimum absolute atomic E-state index is 0.396. The van der Waals surface area contributed by atoms with E-state index >= 15 is 0 Å². The van der Waals surface area contributed by atoms with Crippen molar-refractivity contribution in [1.29, 1.82) is 0 Å². The zero-order chi connectivity index (χ0) is 20.4. The largest absolute Gasteiger partial charge is 0.437 e. The molecule has 3 nitrogen and oxygen atoms in total. The molecule has 0 aromatic heterocycles. The molecule has 0 bridgehead atoms. The van der Waals surface area contributed by atoms with E-state index in [1.807, 2.05) is 30.3 Å². The topological polar surface area (TPSA) is 29.5 Å². The molecule has 2 aromatic carbocycles. The van der Waals surface area contributed by atoms with Crippen molar-refractivity contribution in [1.82, 2.24) is 4.90 Å². The lowest BCUT2D eigenvalue weighted by Gasteiger charge is -2.43. The molecule has 0 unspecified atom stereocenters. The lowest BCUT2D eigenvalue weighted by molar-refractivity contribution is -0.137. The molecule has 1 aliphatic rings. The number of amides is 1. The molecule has 1 heterocycles. The number of halogens is 3. The van der Waals surface area contributed by atoms with E-state index in [9.17, 15) is 18.0 Å². The number of alkyl halides is 3. The van der Waals surface area contributed by atoms with Gasteiger partial charge in [0.25, 0.3) is 0 Å². The molecule has 1 aliphatic heterocycles. The summed E-state index contributed by atoms with van der Waals surface area (Å²) in [6, 6.07) is 14.0. The van der Waals surface area contributed by atoms with E-state index in [-0.39, 0.29) is 0 Å². The molecule has 28 heavy (non-hydrogen) atoms. The molecular formula is C22H22F3NO2. The fourth-order valence-electron chi connectivity index (χ4n) is 3.59. The number of carbonyl (C=O) groups is 1. The zero-order valence-corrected chi connectivity index (χ0v) is 15.6. The molecule has 3 rings (SSSR count). The number of ether oxygens (including phenoxy) is 1. The Morgan fingerprint density at radius 3 is 2.36 bits per heavy atom. The predicted octanol–water partition coefficient (Wildman–Crippen LogP) is 6.08. The van der Waals surface area contributed by atoms with Crippen LogP contribution in [0.15, 0.2) is 67.3 Å². The number of carbonyl (C=O) groups excluding carboxylic acids is 1. The Morgan fingerprint density at radius 2 is 1.82 bits per heavy atom. The van der Waals surface area contributed by atoms with Gasteiger partial charge in [0.1, 0.15) is 5.60 Å². The maximum absolute atomic E-state index is 12.8. The van der Waals surface area contributed by atoms with Crippen LogP contribution >= 0.6 is 0 Å². The van der Waals surface area contributed by atoms with Crippen LogP contribution in [0.5, 0.6) is 0 Å². The van der Waals surface area contributed by atoms with Crippen LogP contribution in [0.2, 0.25) is 0 Å². The van der Waals surface area contributed by atoms with Gasteiger partial charge in [-0.3, -0.25) is 0 Å². The summed E-state index contributed by atoms with van der Waals surface area (Å²) in [6.07, 6.45) is -2.07. The average molecular weight is 389 g/mol. The predicted molar refractivity (Wildman–Crippen MR) is 101 cm³/mol. The minimum atomic E-state index is -4.38. The van der Waals surface area contributed by atoms with E-state index < -0.39 is 29.5 Å². The second kappa shape index (κ2) is 7.70.